The maximum atomic E-state index is 14.0. The van der Waals surface area contributed by atoms with E-state index in [4.69, 9.17) is 57.5 Å². The fourth-order valence-electron chi connectivity index (χ4n) is 8.77. The van der Waals surface area contributed by atoms with Gasteiger partial charge in [0.25, 0.3) is 0 Å². The van der Waals surface area contributed by atoms with Crippen LogP contribution in [0.2, 0.25) is 0 Å². The number of benzene rings is 1. The fourth-order valence-corrected chi connectivity index (χ4v) is 12.4. The molecule has 472 valence electrons. The monoisotopic (exact) mass is 1420 g/mol. The summed E-state index contributed by atoms with van der Waals surface area (Å²) < 4.78 is 20.9. The van der Waals surface area contributed by atoms with Crippen molar-refractivity contribution in [2.45, 2.75) is 129 Å². The van der Waals surface area contributed by atoms with Crippen molar-refractivity contribution >= 4 is 171 Å². The molecule has 0 aliphatic carbocycles. The number of amides is 5. The second-order valence-corrected chi connectivity index (χ2v) is 29.1. The van der Waals surface area contributed by atoms with Crippen LogP contribution in [0.5, 0.6) is 0 Å². The number of hydrogen-bond donors (Lipinski definition) is 5. The number of nitrogens with one attached hydrogen (secondary N) is 5. The van der Waals surface area contributed by atoms with Crippen molar-refractivity contribution in [2.24, 2.45) is 17.8 Å². The fraction of sp³-hybridized carbons (Fsp3) is 0.673. The van der Waals surface area contributed by atoms with Gasteiger partial charge in [-0.05, 0) is 44.1 Å². The molecule has 1 rings (SSSR count). The molecule has 0 saturated carbocycles. The molecule has 0 aromatic heterocycles. The Labute approximate surface area is 593 Å². The summed E-state index contributed by atoms with van der Waals surface area (Å²) in [5.74, 6) is -9.22. The number of ketones is 7. The average Bonchev–Trinajstić information content (AvgIpc) is 3.58. The molecule has 0 aliphatic heterocycles. The van der Waals surface area contributed by atoms with Crippen LogP contribution in [-0.2, 0) is 82.9 Å². The zero-order chi connectivity index (χ0) is 66.0. The number of carbonyl (C=O) groups is 12. The van der Waals surface area contributed by atoms with Crippen LogP contribution in [0.25, 0.3) is 0 Å². The molecule has 0 saturated heterocycles. The molecule has 0 aliphatic rings. The Kier molecular flexibility index (Phi) is 50.5. The number of Topliss-reactive ketones (excluding diaryl/α,β-unsaturated/α-hetero) is 7. The van der Waals surface area contributed by atoms with Gasteiger partial charge in [0.15, 0.2) is 17.3 Å². The van der Waals surface area contributed by atoms with Crippen LogP contribution < -0.4 is 78.0 Å². The van der Waals surface area contributed by atoms with E-state index < -0.39 is 123 Å². The third-order valence-corrected chi connectivity index (χ3v) is 18.7. The van der Waals surface area contributed by atoms with E-state index in [1.807, 2.05) is 42.8 Å². The Balaban J connectivity index is 0.0000774. The van der Waals surface area contributed by atoms with Gasteiger partial charge in [-0.2, -0.15) is 0 Å². The van der Waals surface area contributed by atoms with Crippen molar-refractivity contribution in [2.75, 3.05) is 91.2 Å². The van der Waals surface area contributed by atoms with E-state index in [2.05, 4.69) is 26.6 Å². The molecule has 10 radical (unpaired) electrons. The number of rotatable bonds is 52. The Morgan fingerprint density at radius 2 is 1.25 bits per heavy atom. The van der Waals surface area contributed by atoms with Crippen molar-refractivity contribution in [3.63, 3.8) is 0 Å². The molecular formula is C55H83B8IKN5O16P2S. The topological polar surface area (TPSA) is 302 Å². The molecule has 1 aromatic rings. The molecule has 89 heavy (non-hydrogen) atoms. The smallest absolute Gasteiger partial charge is 1.00 e. The minimum Gasteiger partial charge on any atom is 1.00 e. The van der Waals surface area contributed by atoms with Gasteiger partial charge >= 0.3 is 264 Å². The van der Waals surface area contributed by atoms with E-state index in [-0.39, 0.29) is 204 Å². The van der Waals surface area contributed by atoms with Crippen LogP contribution in [0.4, 0.5) is 0 Å². The largest absolute Gasteiger partial charge is 1.00 e. The Morgan fingerprint density at radius 3 is 1.87 bits per heavy atom. The van der Waals surface area contributed by atoms with Crippen molar-refractivity contribution in [3.05, 3.63) is 35.9 Å². The van der Waals surface area contributed by atoms with E-state index in [9.17, 15) is 57.5 Å². The second-order valence-electron chi connectivity index (χ2n) is 21.5. The van der Waals surface area contributed by atoms with E-state index in [1.165, 1.54) is 19.2 Å². The summed E-state index contributed by atoms with van der Waals surface area (Å²) in [6.07, 6.45) is -0.777. The van der Waals surface area contributed by atoms with Crippen LogP contribution >= 0.6 is 44.8 Å². The molecular weight excluding hydrogens is 1330 g/mol. The zero-order valence-electron chi connectivity index (χ0n) is 52.6. The van der Waals surface area contributed by atoms with E-state index in [1.54, 1.807) is 37.0 Å². The van der Waals surface area contributed by atoms with Gasteiger partial charge in [0, 0.05) is 58.3 Å². The predicted octanol–water partition coefficient (Wildman–Crippen LogP) is -1.40. The molecule has 5 amide bonds. The van der Waals surface area contributed by atoms with E-state index in [0.717, 1.165) is 5.56 Å². The SMILES string of the molecule is [B]B=S(=B[B])(CC(=O)C(CCC(=O)CP([B])C)CC(=O)CCC(NC(=O)CNC(=O)CCC(NC(=O)CCC(=O)C(CC(C)C)NC(=O)C(CC(=O)CNC(=O)COCCOCC)Cc1ccccc1)C(=O)CCCOCCOC)C(=O)C[P-]I)B([B])[B].[K+]. The van der Waals surface area contributed by atoms with Crippen LogP contribution in [0.3, 0.4) is 0 Å². The first-order valence-electron chi connectivity index (χ1n) is 29.3. The van der Waals surface area contributed by atoms with Crippen molar-refractivity contribution in [1.29, 1.82) is 0 Å². The van der Waals surface area contributed by atoms with Crippen molar-refractivity contribution < 1.29 is 128 Å². The predicted molar refractivity (Wildman–Crippen MR) is 361 cm³/mol. The third kappa shape index (κ3) is 40.3. The summed E-state index contributed by atoms with van der Waals surface area (Å²) in [7, 11) is 27.5. The van der Waals surface area contributed by atoms with Gasteiger partial charge in [-0.3, -0.25) is 33.6 Å². The van der Waals surface area contributed by atoms with Crippen LogP contribution in [0.15, 0.2) is 30.3 Å². The quantitative estimate of drug-likeness (QED) is 0.0217. The van der Waals surface area contributed by atoms with Gasteiger partial charge in [0.2, 0.25) is 23.6 Å². The number of ether oxygens (including phenoxy) is 4. The zero-order valence-corrected chi connectivity index (χ0v) is 60.5. The molecule has 5 N–H and O–H groups in total. The number of halogens is 1. The minimum atomic E-state index is -2.45. The molecule has 0 bridgehead atoms. The molecule has 0 spiro atoms. The second kappa shape index (κ2) is 51.5. The minimum absolute atomic E-state index is 0. The molecule has 0 fully saturated rings. The normalized spacial score (nSPS) is 13.2. The van der Waals surface area contributed by atoms with Gasteiger partial charge in [-0.25, -0.2) is 0 Å². The Hall–Kier alpha value is -1.80. The van der Waals surface area contributed by atoms with Crippen LogP contribution in [-0.4, -0.2) is 236 Å². The van der Waals surface area contributed by atoms with Crippen LogP contribution in [0, 0.1) is 17.8 Å². The maximum absolute atomic E-state index is 14.0. The maximum Gasteiger partial charge on any atom is 1.00 e. The summed E-state index contributed by atoms with van der Waals surface area (Å²) >= 11 is 1.97. The number of carbonyl (C=O) groups excluding carboxylic acids is 12. The molecule has 34 heteroatoms. The van der Waals surface area contributed by atoms with Gasteiger partial charge in [-0.15, -0.1) is 0 Å². The first kappa shape index (κ1) is 87.2. The first-order valence-corrected chi connectivity index (χ1v) is 37.2. The first-order chi connectivity index (χ1) is 41.8. The van der Waals surface area contributed by atoms with Crippen molar-refractivity contribution in [1.82, 2.24) is 26.6 Å². The van der Waals surface area contributed by atoms with Gasteiger partial charge in [0.05, 0.1) is 45.1 Å². The summed E-state index contributed by atoms with van der Waals surface area (Å²) in [4.78, 5) is 160. The van der Waals surface area contributed by atoms with Gasteiger partial charge in [0.1, 0.15) is 6.61 Å². The average molecular weight is 1420 g/mol. The van der Waals surface area contributed by atoms with Gasteiger partial charge in [-0.1, -0.05) is 44.2 Å². The van der Waals surface area contributed by atoms with E-state index in [0.29, 0.717) is 26.0 Å². The molecule has 6 atom stereocenters. The summed E-state index contributed by atoms with van der Waals surface area (Å²) in [5.41, 5.74) is 0.761. The van der Waals surface area contributed by atoms with E-state index >= 15 is 0 Å². The summed E-state index contributed by atoms with van der Waals surface area (Å²) in [6.45, 7) is 7.86. The Bertz CT molecular complexity index is 2550. The molecule has 21 nitrogen and oxygen atoms in total. The third-order valence-electron chi connectivity index (χ3n) is 13.6. The number of hydrogen-bond acceptors (Lipinski definition) is 16. The van der Waals surface area contributed by atoms with Gasteiger partial charge < -0.3 is 62.3 Å². The molecule has 6 unspecified atom stereocenters. The molecule has 0 heterocycles. The van der Waals surface area contributed by atoms with Crippen LogP contribution in [0.1, 0.15) is 110 Å². The standard InChI is InChI=1S/C55H83B8IN5O16P2S.K/c1-6-83-25-26-85-33-54(80)65-31-43(72)30-40(28-38-11-8-7-9-12-38)55(81)69-46(27-37(2)3)48(74)19-21-52(78)67-44(47(73)13-10-22-84-24-23-82-4)18-20-51(77)66-32-53(79)68-45(49(75)34-86-64)17-16-41(70)29-39(14-15-42(71)35-87(5)60)50(76)36-88(61-56,62-57)63(58)59;/h7-9,11-12,37,39-40,44-46H,6,10,13-36H2,1-5H3,(H,65,80)(H,66,77)(H,67,78)(H,68,79)(H,69,81);/q-1;+1. The molecule has 1 aromatic carbocycles. The summed E-state index contributed by atoms with van der Waals surface area (Å²) in [5, 5.41) is 13.0. The summed E-state index contributed by atoms with van der Waals surface area (Å²) in [6, 6.07) is 7.98. The van der Waals surface area contributed by atoms with Crippen molar-refractivity contribution in [3.8, 4) is 0 Å². The Morgan fingerprint density at radius 1 is 0.652 bits per heavy atom. The number of methoxy groups -OCH3 is 1.